The van der Waals surface area contributed by atoms with Crippen LogP contribution in [0.3, 0.4) is 0 Å². The Balaban J connectivity index is 2.70. The molecule has 0 aliphatic heterocycles. The number of hydrogen-bond acceptors (Lipinski definition) is 5. The van der Waals surface area contributed by atoms with E-state index >= 15 is 0 Å². The fourth-order valence-electron chi connectivity index (χ4n) is 1.36. The van der Waals surface area contributed by atoms with Crippen molar-refractivity contribution in [1.82, 2.24) is 15.1 Å². The van der Waals surface area contributed by atoms with Gasteiger partial charge >= 0.3 is 0 Å². The van der Waals surface area contributed by atoms with Crippen molar-refractivity contribution in [2.45, 2.75) is 13.0 Å². The smallest absolute Gasteiger partial charge is 0.249 e. The third kappa shape index (κ3) is 3.66. The predicted octanol–water partition coefficient (Wildman–Crippen LogP) is -0.198. The molecule has 8 heteroatoms. The second kappa shape index (κ2) is 6.29. The molecule has 1 aromatic rings. The first-order valence-corrected chi connectivity index (χ1v) is 5.88. The van der Waals surface area contributed by atoms with Crippen molar-refractivity contribution < 1.29 is 14.3 Å². The summed E-state index contributed by atoms with van der Waals surface area (Å²) in [4.78, 5) is 22.7. The second-order valence-electron chi connectivity index (χ2n) is 3.62. The third-order valence-electron chi connectivity index (χ3n) is 2.17. The van der Waals surface area contributed by atoms with E-state index in [2.05, 4.69) is 28.4 Å². The molecule has 100 valence electrons. The summed E-state index contributed by atoms with van der Waals surface area (Å²) in [5.74, 6) is 0.419. The molecule has 1 unspecified atom stereocenters. The summed E-state index contributed by atoms with van der Waals surface area (Å²) in [5, 5.41) is 9.11. The molecule has 0 fully saturated rings. The molecule has 0 spiro atoms. The predicted molar refractivity (Wildman–Crippen MR) is 69.8 cm³/mol. The van der Waals surface area contributed by atoms with Crippen LogP contribution in [0.25, 0.3) is 0 Å². The molecule has 0 aliphatic rings. The van der Waals surface area contributed by atoms with Crippen LogP contribution >= 0.6 is 12.6 Å². The summed E-state index contributed by atoms with van der Waals surface area (Å²) in [5.41, 5.74) is 0. The molecule has 0 bridgehead atoms. The van der Waals surface area contributed by atoms with E-state index in [1.54, 1.807) is 13.1 Å². The zero-order chi connectivity index (χ0) is 13.7. The van der Waals surface area contributed by atoms with E-state index < -0.39 is 6.04 Å². The van der Waals surface area contributed by atoms with Gasteiger partial charge in [-0.05, 0) is 0 Å². The first-order valence-electron chi connectivity index (χ1n) is 5.24. The number of hydrogen-bond donors (Lipinski definition) is 3. The maximum atomic E-state index is 11.8. The third-order valence-corrected chi connectivity index (χ3v) is 2.54. The number of ether oxygens (including phenoxy) is 1. The second-order valence-corrected chi connectivity index (χ2v) is 3.99. The lowest BCUT2D eigenvalue weighted by molar-refractivity contribution is -0.124. The van der Waals surface area contributed by atoms with Crippen LogP contribution in [0, 0.1) is 0 Å². The summed E-state index contributed by atoms with van der Waals surface area (Å²) in [6.45, 7) is 1.34. The van der Waals surface area contributed by atoms with Crippen molar-refractivity contribution in [3.05, 3.63) is 6.07 Å². The molecule has 0 radical (unpaired) electrons. The molecule has 1 rings (SSSR count). The number of thiol groups is 1. The Kier molecular flexibility index (Phi) is 5.02. The SMILES string of the molecule is COc1cc(NC(=O)C(CS)NC(C)=O)nn1C. The number of carbonyl (C=O) groups is 2. The highest BCUT2D eigenvalue weighted by atomic mass is 32.1. The highest BCUT2D eigenvalue weighted by molar-refractivity contribution is 7.80. The monoisotopic (exact) mass is 272 g/mol. The average Bonchev–Trinajstić information content (AvgIpc) is 2.65. The number of nitrogens with zero attached hydrogens (tertiary/aromatic N) is 2. The first-order chi connectivity index (χ1) is 8.47. The van der Waals surface area contributed by atoms with Gasteiger partial charge in [-0.1, -0.05) is 0 Å². The van der Waals surface area contributed by atoms with Crippen molar-refractivity contribution in [2.75, 3.05) is 18.2 Å². The number of anilines is 1. The van der Waals surface area contributed by atoms with Crippen LogP contribution in [0.2, 0.25) is 0 Å². The summed E-state index contributed by atoms with van der Waals surface area (Å²) in [6, 6.07) is 0.889. The lowest BCUT2D eigenvalue weighted by Gasteiger charge is -2.13. The van der Waals surface area contributed by atoms with Crippen molar-refractivity contribution in [2.24, 2.45) is 7.05 Å². The summed E-state index contributed by atoms with van der Waals surface area (Å²) in [7, 11) is 3.20. The molecule has 1 heterocycles. The van der Waals surface area contributed by atoms with Crippen LogP contribution in [-0.2, 0) is 16.6 Å². The molecule has 18 heavy (non-hydrogen) atoms. The molecular formula is C10H16N4O3S. The van der Waals surface area contributed by atoms with Crippen LogP contribution in [-0.4, -0.2) is 40.5 Å². The largest absolute Gasteiger partial charge is 0.481 e. The Morgan fingerprint density at radius 2 is 2.28 bits per heavy atom. The lowest BCUT2D eigenvalue weighted by Crippen LogP contribution is -2.44. The van der Waals surface area contributed by atoms with E-state index in [9.17, 15) is 9.59 Å². The molecule has 0 saturated heterocycles. The Morgan fingerprint density at radius 3 is 2.72 bits per heavy atom. The van der Waals surface area contributed by atoms with E-state index in [-0.39, 0.29) is 17.6 Å². The van der Waals surface area contributed by atoms with Crippen molar-refractivity contribution >= 4 is 30.3 Å². The molecule has 0 aliphatic carbocycles. The molecule has 7 nitrogen and oxygen atoms in total. The number of carbonyl (C=O) groups excluding carboxylic acids is 2. The molecule has 2 N–H and O–H groups in total. The summed E-state index contributed by atoms with van der Waals surface area (Å²) >= 11 is 4.01. The summed E-state index contributed by atoms with van der Waals surface area (Å²) < 4.78 is 6.51. The van der Waals surface area contributed by atoms with E-state index in [0.717, 1.165) is 0 Å². The Morgan fingerprint density at radius 1 is 1.61 bits per heavy atom. The van der Waals surface area contributed by atoms with E-state index in [4.69, 9.17) is 4.74 Å². The quantitative estimate of drug-likeness (QED) is 0.648. The minimum absolute atomic E-state index is 0.204. The van der Waals surface area contributed by atoms with Gasteiger partial charge in [0.05, 0.1) is 7.11 Å². The van der Waals surface area contributed by atoms with Crippen molar-refractivity contribution in [1.29, 1.82) is 0 Å². The zero-order valence-electron chi connectivity index (χ0n) is 10.4. The minimum atomic E-state index is -0.696. The molecular weight excluding hydrogens is 256 g/mol. The van der Waals surface area contributed by atoms with Gasteiger partial charge in [-0.25, -0.2) is 4.68 Å². The van der Waals surface area contributed by atoms with E-state index in [1.165, 1.54) is 18.7 Å². The standard InChI is InChI=1S/C10H16N4O3S/c1-6(15)11-7(5-18)10(16)12-8-4-9(17-3)14(2)13-8/h4,7,18H,5H2,1-3H3,(H,11,15)(H,12,13,16). The van der Waals surface area contributed by atoms with Gasteiger partial charge in [0.25, 0.3) is 0 Å². The maximum Gasteiger partial charge on any atom is 0.249 e. The van der Waals surface area contributed by atoms with Crippen LogP contribution < -0.4 is 15.4 Å². The minimum Gasteiger partial charge on any atom is -0.481 e. The highest BCUT2D eigenvalue weighted by Crippen LogP contribution is 2.15. The van der Waals surface area contributed by atoms with Gasteiger partial charge in [0, 0.05) is 25.8 Å². The fraction of sp³-hybridized carbons (Fsp3) is 0.500. The number of aryl methyl sites for hydroxylation is 1. The van der Waals surface area contributed by atoms with Crippen LogP contribution in [0.4, 0.5) is 5.82 Å². The average molecular weight is 272 g/mol. The number of aromatic nitrogens is 2. The van der Waals surface area contributed by atoms with Crippen LogP contribution in [0.5, 0.6) is 5.88 Å². The summed E-state index contributed by atoms with van der Waals surface area (Å²) in [6.07, 6.45) is 0. The maximum absolute atomic E-state index is 11.8. The Bertz CT molecular complexity index is 446. The molecule has 1 aromatic heterocycles. The highest BCUT2D eigenvalue weighted by Gasteiger charge is 2.19. The number of methoxy groups -OCH3 is 1. The van der Waals surface area contributed by atoms with E-state index in [0.29, 0.717) is 11.7 Å². The molecule has 2 amide bonds. The number of amides is 2. The lowest BCUT2D eigenvalue weighted by atomic mass is 10.3. The van der Waals surface area contributed by atoms with Crippen molar-refractivity contribution in [3.63, 3.8) is 0 Å². The van der Waals surface area contributed by atoms with Gasteiger partial charge in [0.15, 0.2) is 5.82 Å². The van der Waals surface area contributed by atoms with Gasteiger partial charge < -0.3 is 15.4 Å². The molecule has 0 aromatic carbocycles. The fourth-order valence-corrected chi connectivity index (χ4v) is 1.61. The van der Waals surface area contributed by atoms with Gasteiger partial charge in [-0.3, -0.25) is 9.59 Å². The molecule has 1 atom stereocenters. The topological polar surface area (TPSA) is 85.2 Å². The van der Waals surface area contributed by atoms with Gasteiger partial charge in [-0.15, -0.1) is 0 Å². The normalized spacial score (nSPS) is 11.8. The number of rotatable bonds is 5. The number of nitrogens with one attached hydrogen (secondary N) is 2. The van der Waals surface area contributed by atoms with Crippen molar-refractivity contribution in [3.8, 4) is 5.88 Å². The molecule has 0 saturated carbocycles. The van der Waals surface area contributed by atoms with Gasteiger partial charge in [0.2, 0.25) is 17.7 Å². The van der Waals surface area contributed by atoms with Crippen LogP contribution in [0.1, 0.15) is 6.92 Å². The Hall–Kier alpha value is -1.70. The zero-order valence-corrected chi connectivity index (χ0v) is 11.3. The van der Waals surface area contributed by atoms with Gasteiger partial charge in [-0.2, -0.15) is 17.7 Å². The van der Waals surface area contributed by atoms with Crippen LogP contribution in [0.15, 0.2) is 6.07 Å². The first kappa shape index (κ1) is 14.4. The van der Waals surface area contributed by atoms with E-state index in [1.807, 2.05) is 0 Å². The van der Waals surface area contributed by atoms with Gasteiger partial charge in [0.1, 0.15) is 6.04 Å². The Labute approximate surface area is 110 Å².